The number of amides is 1. The summed E-state index contributed by atoms with van der Waals surface area (Å²) in [6, 6.07) is 13.6. The molecule has 0 spiro atoms. The minimum absolute atomic E-state index is 0.0816. The van der Waals surface area contributed by atoms with Crippen LogP contribution >= 0.6 is 0 Å². The standard InChI is InChI=1S/C27H33NO5/c1-5-7-16-28-24(21-10-8-9-11-22(21)33-18(3)4)23(26(30)27(28)31)25(29)19-12-14-20(15-13-19)32-17-6-2/h8-15,18,24,29H,5-7,16-17H2,1-4H3/b25-23-. The fourth-order valence-corrected chi connectivity index (χ4v) is 3.91. The Kier molecular flexibility index (Phi) is 8.15. The lowest BCUT2D eigenvalue weighted by Crippen LogP contribution is -2.31. The van der Waals surface area contributed by atoms with Gasteiger partial charge in [-0.15, -0.1) is 0 Å². The van der Waals surface area contributed by atoms with E-state index < -0.39 is 17.7 Å². The Labute approximate surface area is 195 Å². The van der Waals surface area contributed by atoms with Crippen molar-refractivity contribution in [3.63, 3.8) is 0 Å². The molecule has 1 fully saturated rings. The summed E-state index contributed by atoms with van der Waals surface area (Å²) in [7, 11) is 0. The summed E-state index contributed by atoms with van der Waals surface area (Å²) in [5.41, 5.74) is 1.23. The largest absolute Gasteiger partial charge is 0.507 e. The first kappa shape index (κ1) is 24.4. The van der Waals surface area contributed by atoms with Crippen molar-refractivity contribution in [2.24, 2.45) is 0 Å². The number of rotatable bonds is 10. The van der Waals surface area contributed by atoms with Crippen molar-refractivity contribution in [2.45, 2.75) is 59.1 Å². The number of ketones is 1. The quantitative estimate of drug-likeness (QED) is 0.294. The van der Waals surface area contributed by atoms with Crippen molar-refractivity contribution >= 4 is 17.4 Å². The normalized spacial score (nSPS) is 17.6. The average molecular weight is 452 g/mol. The number of aliphatic hydroxyl groups is 1. The van der Waals surface area contributed by atoms with Crippen molar-refractivity contribution in [3.8, 4) is 11.5 Å². The van der Waals surface area contributed by atoms with Crippen LogP contribution in [-0.4, -0.2) is 41.0 Å². The molecular weight excluding hydrogens is 418 g/mol. The van der Waals surface area contributed by atoms with E-state index in [1.807, 2.05) is 52.0 Å². The first-order valence-corrected chi connectivity index (χ1v) is 11.7. The van der Waals surface area contributed by atoms with Crippen LogP contribution in [0.4, 0.5) is 0 Å². The van der Waals surface area contributed by atoms with Crippen LogP contribution in [0.2, 0.25) is 0 Å². The van der Waals surface area contributed by atoms with E-state index in [9.17, 15) is 14.7 Å². The van der Waals surface area contributed by atoms with Crippen molar-refractivity contribution in [1.82, 2.24) is 4.90 Å². The van der Waals surface area contributed by atoms with Crippen LogP contribution < -0.4 is 9.47 Å². The average Bonchev–Trinajstić information content (AvgIpc) is 3.06. The van der Waals surface area contributed by atoms with Crippen LogP contribution in [-0.2, 0) is 9.59 Å². The SMILES string of the molecule is CCCCN1C(=O)C(=O)/C(=C(\O)c2ccc(OCCC)cc2)C1c1ccccc1OC(C)C. The molecule has 0 saturated carbocycles. The molecule has 0 aromatic heterocycles. The summed E-state index contributed by atoms with van der Waals surface area (Å²) < 4.78 is 11.6. The summed E-state index contributed by atoms with van der Waals surface area (Å²) >= 11 is 0. The van der Waals surface area contributed by atoms with E-state index in [4.69, 9.17) is 9.47 Å². The number of aliphatic hydroxyl groups excluding tert-OH is 1. The van der Waals surface area contributed by atoms with Gasteiger partial charge in [0.1, 0.15) is 17.3 Å². The van der Waals surface area contributed by atoms with E-state index in [0.717, 1.165) is 19.3 Å². The number of unbranched alkanes of at least 4 members (excludes halogenated alkanes) is 1. The Hall–Kier alpha value is -3.28. The molecule has 1 aliphatic heterocycles. The van der Waals surface area contributed by atoms with Crippen LogP contribution in [0.15, 0.2) is 54.1 Å². The van der Waals surface area contributed by atoms with Gasteiger partial charge in [0.2, 0.25) is 0 Å². The van der Waals surface area contributed by atoms with Gasteiger partial charge in [-0.25, -0.2) is 0 Å². The molecule has 0 bridgehead atoms. The van der Waals surface area contributed by atoms with Crippen LogP contribution in [0.1, 0.15) is 64.1 Å². The van der Waals surface area contributed by atoms with Gasteiger partial charge in [0.25, 0.3) is 11.7 Å². The smallest absolute Gasteiger partial charge is 0.295 e. The van der Waals surface area contributed by atoms with Gasteiger partial charge in [-0.05, 0) is 57.0 Å². The van der Waals surface area contributed by atoms with E-state index >= 15 is 0 Å². The molecule has 176 valence electrons. The number of carbonyl (C=O) groups excluding carboxylic acids is 2. The van der Waals surface area contributed by atoms with Gasteiger partial charge in [0.15, 0.2) is 0 Å². The van der Waals surface area contributed by atoms with Gasteiger partial charge in [0.05, 0.1) is 24.3 Å². The summed E-state index contributed by atoms with van der Waals surface area (Å²) in [6.45, 7) is 8.92. The minimum atomic E-state index is -0.720. The molecule has 1 saturated heterocycles. The zero-order valence-corrected chi connectivity index (χ0v) is 19.8. The minimum Gasteiger partial charge on any atom is -0.507 e. The zero-order valence-electron chi connectivity index (χ0n) is 19.8. The van der Waals surface area contributed by atoms with Crippen molar-refractivity contribution < 1.29 is 24.2 Å². The van der Waals surface area contributed by atoms with Crippen molar-refractivity contribution in [2.75, 3.05) is 13.2 Å². The molecule has 6 nitrogen and oxygen atoms in total. The highest BCUT2D eigenvalue weighted by Crippen LogP contribution is 2.43. The third-order valence-electron chi connectivity index (χ3n) is 5.47. The molecule has 2 aromatic rings. The monoisotopic (exact) mass is 451 g/mol. The van der Waals surface area contributed by atoms with Crippen LogP contribution in [0.5, 0.6) is 11.5 Å². The Bertz CT molecular complexity index is 1010. The molecule has 3 rings (SSSR count). The summed E-state index contributed by atoms with van der Waals surface area (Å²) in [5.74, 6) is -0.200. The van der Waals surface area contributed by atoms with E-state index in [1.54, 1.807) is 29.2 Å². The second kappa shape index (κ2) is 11.0. The van der Waals surface area contributed by atoms with E-state index in [2.05, 4.69) is 0 Å². The van der Waals surface area contributed by atoms with Crippen molar-refractivity contribution in [1.29, 1.82) is 0 Å². The Morgan fingerprint density at radius 1 is 1.03 bits per heavy atom. The summed E-state index contributed by atoms with van der Waals surface area (Å²) in [4.78, 5) is 27.7. The lowest BCUT2D eigenvalue weighted by Gasteiger charge is -2.27. The maximum Gasteiger partial charge on any atom is 0.295 e. The number of nitrogens with zero attached hydrogens (tertiary/aromatic N) is 1. The van der Waals surface area contributed by atoms with E-state index in [1.165, 1.54) is 0 Å². The van der Waals surface area contributed by atoms with Gasteiger partial charge >= 0.3 is 0 Å². The molecule has 33 heavy (non-hydrogen) atoms. The highest BCUT2D eigenvalue weighted by atomic mass is 16.5. The fraction of sp³-hybridized carbons (Fsp3) is 0.407. The van der Waals surface area contributed by atoms with Crippen LogP contribution in [0.3, 0.4) is 0 Å². The Balaban J connectivity index is 2.11. The maximum atomic E-state index is 13.1. The van der Waals surface area contributed by atoms with Crippen LogP contribution in [0, 0.1) is 0 Å². The molecule has 6 heteroatoms. The van der Waals surface area contributed by atoms with Gasteiger partial charge < -0.3 is 19.5 Å². The number of carbonyl (C=O) groups is 2. The van der Waals surface area contributed by atoms with E-state index in [0.29, 0.717) is 35.8 Å². The summed E-state index contributed by atoms with van der Waals surface area (Å²) in [5, 5.41) is 11.2. The number of likely N-dealkylation sites (tertiary alicyclic amines) is 1. The highest BCUT2D eigenvalue weighted by molar-refractivity contribution is 6.46. The fourth-order valence-electron chi connectivity index (χ4n) is 3.91. The first-order valence-electron chi connectivity index (χ1n) is 11.7. The van der Waals surface area contributed by atoms with Gasteiger partial charge in [0, 0.05) is 17.7 Å². The zero-order chi connectivity index (χ0) is 24.0. The first-order chi connectivity index (χ1) is 15.9. The molecule has 1 unspecified atom stereocenters. The summed E-state index contributed by atoms with van der Waals surface area (Å²) in [6.07, 6.45) is 2.43. The topological polar surface area (TPSA) is 76.1 Å². The second-order valence-electron chi connectivity index (χ2n) is 8.42. The lowest BCUT2D eigenvalue weighted by atomic mass is 9.94. The predicted octanol–water partition coefficient (Wildman–Crippen LogP) is 5.48. The van der Waals surface area contributed by atoms with Gasteiger partial charge in [-0.3, -0.25) is 9.59 Å². The number of hydrogen-bond donors (Lipinski definition) is 1. The number of para-hydroxylation sites is 1. The number of Topliss-reactive ketones (excluding diaryl/α,β-unsaturated/α-hetero) is 1. The molecular formula is C27H33NO5. The number of ether oxygens (including phenoxy) is 2. The third-order valence-corrected chi connectivity index (χ3v) is 5.47. The third kappa shape index (κ3) is 5.38. The number of hydrogen-bond acceptors (Lipinski definition) is 5. The second-order valence-corrected chi connectivity index (χ2v) is 8.42. The molecule has 1 atom stereocenters. The van der Waals surface area contributed by atoms with Gasteiger partial charge in [-0.2, -0.15) is 0 Å². The van der Waals surface area contributed by atoms with Crippen molar-refractivity contribution in [3.05, 3.63) is 65.2 Å². The molecule has 0 radical (unpaired) electrons. The maximum absolute atomic E-state index is 13.1. The molecule has 2 aromatic carbocycles. The molecule has 1 amide bonds. The molecule has 1 aliphatic rings. The van der Waals surface area contributed by atoms with Crippen LogP contribution in [0.25, 0.3) is 5.76 Å². The Morgan fingerprint density at radius 2 is 1.73 bits per heavy atom. The predicted molar refractivity (Wildman–Crippen MR) is 128 cm³/mol. The highest BCUT2D eigenvalue weighted by Gasteiger charge is 2.46. The van der Waals surface area contributed by atoms with Gasteiger partial charge in [-0.1, -0.05) is 38.5 Å². The molecule has 1 heterocycles. The lowest BCUT2D eigenvalue weighted by molar-refractivity contribution is -0.139. The molecule has 0 aliphatic carbocycles. The van der Waals surface area contributed by atoms with E-state index in [-0.39, 0.29) is 17.4 Å². The Morgan fingerprint density at radius 3 is 2.36 bits per heavy atom. The molecule has 1 N–H and O–H groups in total. The number of benzene rings is 2.